The first kappa shape index (κ1) is 15.6. The summed E-state index contributed by atoms with van der Waals surface area (Å²) < 4.78 is 10.7. The number of hydrogen-bond acceptors (Lipinski definition) is 4. The maximum Gasteiger partial charge on any atom is 0.260 e. The Kier molecular flexibility index (Phi) is 5.87. The van der Waals surface area contributed by atoms with Crippen LogP contribution in [0.4, 0.5) is 0 Å². The molecule has 116 valence electrons. The maximum absolute atomic E-state index is 12.2. The first-order valence-corrected chi connectivity index (χ1v) is 7.42. The number of carbonyl (C=O) groups excluding carboxylic acids is 1. The monoisotopic (exact) mass is 292 g/mol. The Morgan fingerprint density at radius 1 is 1.43 bits per heavy atom. The Morgan fingerprint density at radius 3 is 3.00 bits per heavy atom. The number of hydrogen-bond donors (Lipinski definition) is 1. The second kappa shape index (κ2) is 7.88. The predicted molar refractivity (Wildman–Crippen MR) is 81.7 cm³/mol. The van der Waals surface area contributed by atoms with E-state index in [2.05, 4.69) is 5.32 Å². The number of rotatable bonds is 6. The molecule has 1 aromatic rings. The molecule has 0 spiro atoms. The minimum absolute atomic E-state index is 0.0543. The topological polar surface area (TPSA) is 50.8 Å². The lowest BCUT2D eigenvalue weighted by Gasteiger charge is -2.32. The second-order valence-electron chi connectivity index (χ2n) is 5.37. The van der Waals surface area contributed by atoms with Crippen molar-refractivity contribution in [1.29, 1.82) is 0 Å². The van der Waals surface area contributed by atoms with Crippen molar-refractivity contribution in [3.63, 3.8) is 0 Å². The highest BCUT2D eigenvalue weighted by atomic mass is 16.5. The maximum atomic E-state index is 12.2. The van der Waals surface area contributed by atoms with E-state index in [0.717, 1.165) is 31.8 Å². The van der Waals surface area contributed by atoms with Crippen LogP contribution in [0.5, 0.6) is 11.5 Å². The molecule has 1 heterocycles. The number of methoxy groups -OCH3 is 1. The van der Waals surface area contributed by atoms with Crippen molar-refractivity contribution in [2.75, 3.05) is 40.4 Å². The van der Waals surface area contributed by atoms with Crippen LogP contribution in [-0.4, -0.2) is 51.2 Å². The number of benzene rings is 1. The van der Waals surface area contributed by atoms with Gasteiger partial charge in [-0.05, 0) is 44.5 Å². The smallest absolute Gasteiger partial charge is 0.260 e. The van der Waals surface area contributed by atoms with Crippen LogP contribution in [0.25, 0.3) is 0 Å². The van der Waals surface area contributed by atoms with Crippen molar-refractivity contribution in [3.8, 4) is 11.5 Å². The zero-order valence-electron chi connectivity index (χ0n) is 12.8. The lowest BCUT2D eigenvalue weighted by molar-refractivity contribution is -0.135. The van der Waals surface area contributed by atoms with Gasteiger partial charge < -0.3 is 19.7 Å². The molecule has 1 amide bonds. The Morgan fingerprint density at radius 2 is 2.24 bits per heavy atom. The molecule has 1 aliphatic rings. The van der Waals surface area contributed by atoms with Gasteiger partial charge in [-0.25, -0.2) is 0 Å². The van der Waals surface area contributed by atoms with E-state index in [0.29, 0.717) is 11.7 Å². The van der Waals surface area contributed by atoms with Crippen molar-refractivity contribution in [2.45, 2.75) is 12.8 Å². The van der Waals surface area contributed by atoms with Gasteiger partial charge in [0, 0.05) is 19.2 Å². The SMILES string of the molecule is CNCC1CCCN(C(=O)COc2cccc(OC)c2)C1. The zero-order chi connectivity index (χ0) is 15.1. The average Bonchev–Trinajstić information content (AvgIpc) is 2.53. The number of likely N-dealkylation sites (tertiary alicyclic amines) is 1. The van der Waals surface area contributed by atoms with E-state index in [-0.39, 0.29) is 12.5 Å². The van der Waals surface area contributed by atoms with E-state index in [4.69, 9.17) is 9.47 Å². The van der Waals surface area contributed by atoms with Crippen LogP contribution in [0.15, 0.2) is 24.3 Å². The zero-order valence-corrected chi connectivity index (χ0v) is 12.8. The fraction of sp³-hybridized carbons (Fsp3) is 0.562. The molecule has 1 aliphatic heterocycles. The fourth-order valence-corrected chi connectivity index (χ4v) is 2.67. The van der Waals surface area contributed by atoms with Crippen LogP contribution in [0.2, 0.25) is 0 Å². The molecule has 0 saturated carbocycles. The van der Waals surface area contributed by atoms with Gasteiger partial charge >= 0.3 is 0 Å². The van der Waals surface area contributed by atoms with Crippen LogP contribution >= 0.6 is 0 Å². The molecule has 21 heavy (non-hydrogen) atoms. The summed E-state index contributed by atoms with van der Waals surface area (Å²) in [5.41, 5.74) is 0. The number of nitrogens with one attached hydrogen (secondary N) is 1. The Labute approximate surface area is 126 Å². The van der Waals surface area contributed by atoms with Crippen molar-refractivity contribution < 1.29 is 14.3 Å². The van der Waals surface area contributed by atoms with Gasteiger partial charge in [0.1, 0.15) is 11.5 Å². The summed E-state index contributed by atoms with van der Waals surface area (Å²) in [6.07, 6.45) is 2.25. The van der Waals surface area contributed by atoms with Gasteiger partial charge in [-0.3, -0.25) is 4.79 Å². The highest BCUT2D eigenvalue weighted by Crippen LogP contribution is 2.19. The van der Waals surface area contributed by atoms with Crippen LogP contribution in [0.3, 0.4) is 0 Å². The van der Waals surface area contributed by atoms with Gasteiger partial charge in [-0.15, -0.1) is 0 Å². The molecule has 2 rings (SSSR count). The van der Waals surface area contributed by atoms with E-state index in [1.165, 1.54) is 6.42 Å². The largest absolute Gasteiger partial charge is 0.497 e. The molecule has 0 aromatic heterocycles. The summed E-state index contributed by atoms with van der Waals surface area (Å²) in [7, 11) is 3.56. The average molecular weight is 292 g/mol. The van der Waals surface area contributed by atoms with Crippen LogP contribution in [0.1, 0.15) is 12.8 Å². The quantitative estimate of drug-likeness (QED) is 0.864. The van der Waals surface area contributed by atoms with Crippen molar-refractivity contribution in [3.05, 3.63) is 24.3 Å². The summed E-state index contributed by atoms with van der Waals surface area (Å²) in [6.45, 7) is 2.70. The predicted octanol–water partition coefficient (Wildman–Crippen LogP) is 1.53. The third-order valence-electron chi connectivity index (χ3n) is 3.77. The van der Waals surface area contributed by atoms with Crippen molar-refractivity contribution in [1.82, 2.24) is 10.2 Å². The van der Waals surface area contributed by atoms with Crippen LogP contribution in [-0.2, 0) is 4.79 Å². The number of piperidine rings is 1. The van der Waals surface area contributed by atoms with E-state index < -0.39 is 0 Å². The molecule has 1 N–H and O–H groups in total. The lowest BCUT2D eigenvalue weighted by Crippen LogP contribution is -2.44. The molecule has 1 saturated heterocycles. The van der Waals surface area contributed by atoms with Gasteiger partial charge in [0.2, 0.25) is 0 Å². The molecule has 5 nitrogen and oxygen atoms in total. The van der Waals surface area contributed by atoms with Crippen LogP contribution in [0, 0.1) is 5.92 Å². The summed E-state index contributed by atoms with van der Waals surface area (Å²) in [4.78, 5) is 14.1. The summed E-state index contributed by atoms with van der Waals surface area (Å²) in [5, 5.41) is 3.18. The highest BCUT2D eigenvalue weighted by Gasteiger charge is 2.23. The molecule has 0 bridgehead atoms. The van der Waals surface area contributed by atoms with Gasteiger partial charge in [0.15, 0.2) is 6.61 Å². The lowest BCUT2D eigenvalue weighted by atomic mass is 9.98. The van der Waals surface area contributed by atoms with E-state index in [9.17, 15) is 4.79 Å². The Hall–Kier alpha value is -1.75. The molecular weight excluding hydrogens is 268 g/mol. The Balaban J connectivity index is 1.83. The van der Waals surface area contributed by atoms with Gasteiger partial charge in [0.25, 0.3) is 5.91 Å². The number of amides is 1. The summed E-state index contributed by atoms with van der Waals surface area (Å²) in [5.74, 6) is 1.99. The molecule has 1 atom stereocenters. The van der Waals surface area contributed by atoms with Gasteiger partial charge in [-0.1, -0.05) is 6.07 Å². The number of ether oxygens (including phenoxy) is 2. The molecule has 0 aliphatic carbocycles. The second-order valence-corrected chi connectivity index (χ2v) is 5.37. The summed E-state index contributed by atoms with van der Waals surface area (Å²) in [6, 6.07) is 7.31. The minimum Gasteiger partial charge on any atom is -0.497 e. The standard InChI is InChI=1S/C16H24N2O3/c1-17-10-13-5-4-8-18(11-13)16(19)12-21-15-7-3-6-14(9-15)20-2/h3,6-7,9,13,17H,4-5,8,10-12H2,1-2H3. The highest BCUT2D eigenvalue weighted by molar-refractivity contribution is 5.77. The third-order valence-corrected chi connectivity index (χ3v) is 3.77. The first-order valence-electron chi connectivity index (χ1n) is 7.42. The van der Waals surface area contributed by atoms with E-state index in [1.807, 2.05) is 30.1 Å². The van der Waals surface area contributed by atoms with Crippen molar-refractivity contribution in [2.24, 2.45) is 5.92 Å². The van der Waals surface area contributed by atoms with E-state index in [1.54, 1.807) is 13.2 Å². The molecular formula is C16H24N2O3. The molecule has 0 radical (unpaired) electrons. The van der Waals surface area contributed by atoms with E-state index >= 15 is 0 Å². The van der Waals surface area contributed by atoms with Gasteiger partial charge in [-0.2, -0.15) is 0 Å². The number of nitrogens with zero attached hydrogens (tertiary/aromatic N) is 1. The Bertz CT molecular complexity index is 463. The summed E-state index contributed by atoms with van der Waals surface area (Å²) >= 11 is 0. The molecule has 1 aromatic carbocycles. The van der Waals surface area contributed by atoms with Crippen LogP contribution < -0.4 is 14.8 Å². The molecule has 1 unspecified atom stereocenters. The van der Waals surface area contributed by atoms with Crippen molar-refractivity contribution >= 4 is 5.91 Å². The third kappa shape index (κ3) is 4.63. The van der Waals surface area contributed by atoms with Gasteiger partial charge in [0.05, 0.1) is 7.11 Å². The normalized spacial score (nSPS) is 18.4. The first-order chi connectivity index (χ1) is 10.2. The molecule has 1 fully saturated rings. The minimum atomic E-state index is 0.0543. The number of carbonyl (C=O) groups is 1. The fourth-order valence-electron chi connectivity index (χ4n) is 2.67. The molecule has 5 heteroatoms.